The molecule has 1 aromatic heterocycles. The fraction of sp³-hybridized carbons (Fsp3) is 0.133. The summed E-state index contributed by atoms with van der Waals surface area (Å²) in [6.07, 6.45) is 1.62. The van der Waals surface area contributed by atoms with E-state index in [0.29, 0.717) is 17.2 Å². The predicted molar refractivity (Wildman–Crippen MR) is 78.5 cm³/mol. The van der Waals surface area contributed by atoms with Gasteiger partial charge in [-0.3, -0.25) is 4.57 Å². The van der Waals surface area contributed by atoms with Crippen LogP contribution in [0, 0.1) is 5.82 Å². The largest absolute Gasteiger partial charge is 0.493 e. The van der Waals surface area contributed by atoms with Gasteiger partial charge < -0.3 is 15.2 Å². The highest BCUT2D eigenvalue weighted by atomic mass is 19.1. The number of halogens is 1. The summed E-state index contributed by atoms with van der Waals surface area (Å²) >= 11 is 0. The molecule has 0 saturated heterocycles. The molecule has 0 unspecified atom stereocenters. The second-order valence-corrected chi connectivity index (χ2v) is 4.52. The molecule has 2 aromatic carbocycles. The fourth-order valence-corrected chi connectivity index (χ4v) is 2.21. The van der Waals surface area contributed by atoms with Gasteiger partial charge in [0.2, 0.25) is 0 Å². The third-order valence-electron chi connectivity index (χ3n) is 3.31. The molecule has 2 N–H and O–H groups in total. The Labute approximate surface area is 120 Å². The number of fused-ring (bicyclic) bond motifs is 1. The van der Waals surface area contributed by atoms with E-state index in [9.17, 15) is 4.39 Å². The number of nitrogen functional groups attached to an aromatic ring is 1. The van der Waals surface area contributed by atoms with Crippen LogP contribution >= 0.6 is 0 Å². The smallest absolute Gasteiger partial charge is 0.163 e. The fourth-order valence-electron chi connectivity index (χ4n) is 2.21. The molecular weight excluding hydrogens is 273 g/mol. The summed E-state index contributed by atoms with van der Waals surface area (Å²) < 4.78 is 25.9. The highest BCUT2D eigenvalue weighted by Crippen LogP contribution is 2.32. The van der Waals surface area contributed by atoms with Crippen molar-refractivity contribution in [2.75, 3.05) is 20.0 Å². The van der Waals surface area contributed by atoms with Crippen molar-refractivity contribution in [1.82, 2.24) is 9.55 Å². The molecule has 0 spiro atoms. The predicted octanol–water partition coefficient (Wildman–Crippen LogP) is 2.76. The molecule has 0 radical (unpaired) electrons. The lowest BCUT2D eigenvalue weighted by Crippen LogP contribution is -1.97. The third-order valence-corrected chi connectivity index (χ3v) is 3.31. The summed E-state index contributed by atoms with van der Waals surface area (Å²) in [6, 6.07) is 8.20. The van der Waals surface area contributed by atoms with Crippen LogP contribution in [0.1, 0.15) is 0 Å². The Kier molecular flexibility index (Phi) is 3.13. The first-order chi connectivity index (χ1) is 10.1. The molecule has 0 aliphatic carbocycles. The topological polar surface area (TPSA) is 62.3 Å². The highest BCUT2D eigenvalue weighted by Gasteiger charge is 2.12. The maximum absolute atomic E-state index is 13.6. The van der Waals surface area contributed by atoms with E-state index in [2.05, 4.69) is 4.98 Å². The second-order valence-electron chi connectivity index (χ2n) is 4.52. The summed E-state index contributed by atoms with van der Waals surface area (Å²) in [4.78, 5) is 4.30. The van der Waals surface area contributed by atoms with E-state index in [0.717, 1.165) is 11.0 Å². The van der Waals surface area contributed by atoms with Gasteiger partial charge in [-0.2, -0.15) is 0 Å². The number of hydrogen-bond donors (Lipinski definition) is 1. The minimum absolute atomic E-state index is 0.113. The van der Waals surface area contributed by atoms with Crippen molar-refractivity contribution in [2.24, 2.45) is 0 Å². The van der Waals surface area contributed by atoms with Gasteiger partial charge in [0.1, 0.15) is 12.1 Å². The molecule has 0 amide bonds. The number of nitrogens with zero attached hydrogens (tertiary/aromatic N) is 2. The summed E-state index contributed by atoms with van der Waals surface area (Å²) in [5.41, 5.74) is 7.77. The Morgan fingerprint density at radius 2 is 1.81 bits per heavy atom. The minimum Gasteiger partial charge on any atom is -0.493 e. The van der Waals surface area contributed by atoms with Gasteiger partial charge in [-0.05, 0) is 12.1 Å². The van der Waals surface area contributed by atoms with Crippen LogP contribution in [0.15, 0.2) is 36.7 Å². The molecule has 3 aromatic rings. The molecule has 3 rings (SSSR count). The van der Waals surface area contributed by atoms with Gasteiger partial charge >= 0.3 is 0 Å². The normalized spacial score (nSPS) is 10.8. The van der Waals surface area contributed by atoms with E-state index in [4.69, 9.17) is 15.2 Å². The van der Waals surface area contributed by atoms with Crippen LogP contribution in [0.4, 0.5) is 10.1 Å². The molecule has 0 atom stereocenters. The Hall–Kier alpha value is -2.76. The third kappa shape index (κ3) is 2.14. The number of hydrogen-bond acceptors (Lipinski definition) is 4. The zero-order valence-electron chi connectivity index (χ0n) is 11.6. The van der Waals surface area contributed by atoms with Gasteiger partial charge in [0.25, 0.3) is 0 Å². The number of benzene rings is 2. The first-order valence-electron chi connectivity index (χ1n) is 6.28. The van der Waals surface area contributed by atoms with Crippen molar-refractivity contribution in [3.05, 3.63) is 42.5 Å². The summed E-state index contributed by atoms with van der Waals surface area (Å²) in [7, 11) is 3.13. The number of ether oxygens (including phenoxy) is 2. The van der Waals surface area contributed by atoms with E-state index < -0.39 is 5.82 Å². The highest BCUT2D eigenvalue weighted by molar-refractivity contribution is 5.81. The minimum atomic E-state index is -0.463. The molecule has 5 nitrogen and oxygen atoms in total. The molecule has 6 heteroatoms. The Morgan fingerprint density at radius 1 is 1.10 bits per heavy atom. The first-order valence-corrected chi connectivity index (χ1v) is 6.28. The van der Waals surface area contributed by atoms with Gasteiger partial charge in [-0.1, -0.05) is 0 Å². The van der Waals surface area contributed by atoms with E-state index in [1.807, 2.05) is 0 Å². The SMILES string of the molecule is COc1cc2ncn(-c3ccc(N)c(F)c3)c2cc1OC. The van der Waals surface area contributed by atoms with Crippen LogP contribution in [-0.4, -0.2) is 23.8 Å². The van der Waals surface area contributed by atoms with Gasteiger partial charge in [0.05, 0.1) is 36.6 Å². The summed E-state index contributed by atoms with van der Waals surface area (Å²) in [6.45, 7) is 0. The van der Waals surface area contributed by atoms with Crippen LogP contribution in [0.25, 0.3) is 16.7 Å². The molecule has 0 saturated carbocycles. The molecule has 21 heavy (non-hydrogen) atoms. The van der Waals surface area contributed by atoms with Gasteiger partial charge in [0, 0.05) is 18.2 Å². The number of imidazole rings is 1. The van der Waals surface area contributed by atoms with Crippen molar-refractivity contribution in [1.29, 1.82) is 0 Å². The van der Waals surface area contributed by atoms with Crippen LogP contribution < -0.4 is 15.2 Å². The number of methoxy groups -OCH3 is 2. The van der Waals surface area contributed by atoms with E-state index in [1.54, 1.807) is 43.3 Å². The number of rotatable bonds is 3. The number of anilines is 1. The molecule has 0 fully saturated rings. The molecule has 0 bridgehead atoms. The summed E-state index contributed by atoms with van der Waals surface area (Å²) in [5, 5.41) is 0. The van der Waals surface area contributed by atoms with E-state index >= 15 is 0 Å². The second kappa shape index (κ2) is 4.97. The van der Waals surface area contributed by atoms with Crippen molar-refractivity contribution in [2.45, 2.75) is 0 Å². The Morgan fingerprint density at radius 3 is 2.48 bits per heavy atom. The van der Waals surface area contributed by atoms with Crippen LogP contribution in [0.2, 0.25) is 0 Å². The monoisotopic (exact) mass is 287 g/mol. The molecule has 1 heterocycles. The van der Waals surface area contributed by atoms with Crippen molar-refractivity contribution in [3.63, 3.8) is 0 Å². The maximum atomic E-state index is 13.6. The lowest BCUT2D eigenvalue weighted by atomic mass is 10.2. The van der Waals surface area contributed by atoms with Crippen LogP contribution in [-0.2, 0) is 0 Å². The Balaban J connectivity index is 2.21. The van der Waals surface area contributed by atoms with Crippen LogP contribution in [0.3, 0.4) is 0 Å². The van der Waals surface area contributed by atoms with Crippen molar-refractivity contribution < 1.29 is 13.9 Å². The molecule has 108 valence electrons. The Bertz CT molecular complexity index is 814. The average Bonchev–Trinajstić information content (AvgIpc) is 2.91. The standard InChI is InChI=1S/C15H14FN3O2/c1-20-14-6-12-13(7-15(14)21-2)19(8-18-12)9-3-4-11(17)10(16)5-9/h3-8H,17H2,1-2H3. The van der Waals surface area contributed by atoms with Gasteiger partial charge in [0.15, 0.2) is 11.5 Å². The zero-order valence-corrected chi connectivity index (χ0v) is 11.6. The maximum Gasteiger partial charge on any atom is 0.163 e. The van der Waals surface area contributed by atoms with Crippen molar-refractivity contribution in [3.8, 4) is 17.2 Å². The lowest BCUT2D eigenvalue weighted by Gasteiger charge is -2.09. The van der Waals surface area contributed by atoms with E-state index in [-0.39, 0.29) is 5.69 Å². The summed E-state index contributed by atoms with van der Waals surface area (Å²) in [5.74, 6) is 0.719. The number of aromatic nitrogens is 2. The van der Waals surface area contributed by atoms with Gasteiger partial charge in [-0.25, -0.2) is 9.37 Å². The van der Waals surface area contributed by atoms with E-state index in [1.165, 1.54) is 12.1 Å². The lowest BCUT2D eigenvalue weighted by molar-refractivity contribution is 0.355. The quantitative estimate of drug-likeness (QED) is 0.752. The van der Waals surface area contributed by atoms with Gasteiger partial charge in [-0.15, -0.1) is 0 Å². The number of nitrogens with two attached hydrogens (primary N) is 1. The average molecular weight is 287 g/mol. The molecular formula is C15H14FN3O2. The molecule has 0 aliphatic rings. The zero-order chi connectivity index (χ0) is 15.0. The van der Waals surface area contributed by atoms with Crippen LogP contribution in [0.5, 0.6) is 11.5 Å². The molecule has 0 aliphatic heterocycles. The van der Waals surface area contributed by atoms with Crippen molar-refractivity contribution >= 4 is 16.7 Å². The first kappa shape index (κ1) is 13.2.